The quantitative estimate of drug-likeness (QED) is 0.831. The molecule has 0 aliphatic carbocycles. The molecule has 0 bridgehead atoms. The van der Waals surface area contributed by atoms with Gasteiger partial charge in [0.1, 0.15) is 0 Å². The van der Waals surface area contributed by atoms with E-state index in [1.54, 1.807) is 11.8 Å². The molecular weight excluding hydrogens is 308 g/mol. The average molecular weight is 330 g/mol. The highest BCUT2D eigenvalue weighted by atomic mass is 32.2. The van der Waals surface area contributed by atoms with Crippen molar-refractivity contribution in [3.8, 4) is 0 Å². The third kappa shape index (κ3) is 4.13. The van der Waals surface area contributed by atoms with Gasteiger partial charge < -0.3 is 5.32 Å². The van der Waals surface area contributed by atoms with Crippen molar-refractivity contribution in [2.24, 2.45) is 10.1 Å². The molecule has 3 rings (SSSR count). The number of benzene rings is 1. The van der Waals surface area contributed by atoms with Crippen molar-refractivity contribution in [2.75, 3.05) is 11.1 Å². The number of thioether (sulfide) groups is 1. The molecule has 1 aromatic carbocycles. The molecule has 5 nitrogen and oxygen atoms in total. The first-order chi connectivity index (χ1) is 10.9. The fourth-order valence-corrected chi connectivity index (χ4v) is 3.53. The first-order valence-electron chi connectivity index (χ1n) is 7.89. The van der Waals surface area contributed by atoms with Crippen LogP contribution >= 0.6 is 11.8 Å². The van der Waals surface area contributed by atoms with E-state index in [-0.39, 0.29) is 11.4 Å². The fourth-order valence-electron chi connectivity index (χ4n) is 2.58. The Morgan fingerprint density at radius 1 is 1.26 bits per heavy atom. The van der Waals surface area contributed by atoms with Gasteiger partial charge in [0.15, 0.2) is 5.17 Å². The van der Waals surface area contributed by atoms with Crippen LogP contribution in [0.25, 0.3) is 0 Å². The van der Waals surface area contributed by atoms with Crippen LogP contribution in [0.2, 0.25) is 0 Å². The first kappa shape index (κ1) is 16.1. The van der Waals surface area contributed by atoms with E-state index in [1.807, 2.05) is 12.1 Å². The summed E-state index contributed by atoms with van der Waals surface area (Å²) in [5.74, 6) is 0.902. The highest BCUT2D eigenvalue weighted by Gasteiger charge is 2.18. The van der Waals surface area contributed by atoms with E-state index >= 15 is 0 Å². The summed E-state index contributed by atoms with van der Waals surface area (Å²) in [4.78, 5) is 16.2. The number of carbonyl (C=O) groups is 1. The third-order valence-corrected chi connectivity index (χ3v) is 4.51. The van der Waals surface area contributed by atoms with E-state index < -0.39 is 0 Å². The molecule has 2 heterocycles. The Morgan fingerprint density at radius 3 is 2.78 bits per heavy atom. The van der Waals surface area contributed by atoms with Gasteiger partial charge in [-0.15, -0.1) is 0 Å². The number of nitrogens with zero attached hydrogens (tertiary/aromatic N) is 2. The lowest BCUT2D eigenvalue weighted by Crippen LogP contribution is -2.28. The summed E-state index contributed by atoms with van der Waals surface area (Å²) in [7, 11) is 0. The molecular formula is C17H22N4OS. The van der Waals surface area contributed by atoms with Gasteiger partial charge in [-0.3, -0.25) is 15.2 Å². The van der Waals surface area contributed by atoms with Gasteiger partial charge in [-0.25, -0.2) is 0 Å². The van der Waals surface area contributed by atoms with Crippen LogP contribution in [-0.2, 0) is 11.2 Å². The zero-order chi connectivity index (χ0) is 16.4. The number of hydrogen-bond acceptors (Lipinski definition) is 4. The normalized spacial score (nSPS) is 20.2. The minimum Gasteiger partial charge on any atom is -0.326 e. The maximum absolute atomic E-state index is 11.6. The second kappa shape index (κ2) is 6.35. The molecule has 0 fully saturated rings. The summed E-state index contributed by atoms with van der Waals surface area (Å²) in [6, 6.07) is 6.16. The topological polar surface area (TPSA) is 65.8 Å². The van der Waals surface area contributed by atoms with E-state index in [1.165, 1.54) is 5.56 Å². The molecule has 6 heteroatoms. The standard InChI is InChI=1S/C17H22N4OS/c1-17(2,3)19-16-21-20-14(10-23-16)12-7-8-13-11(9-12)5-4-6-15(22)18-13/h7-9H,4-6,10H2,1-3H3,(H,18,22)(H,19,21). The van der Waals surface area contributed by atoms with E-state index in [2.05, 4.69) is 47.7 Å². The highest BCUT2D eigenvalue weighted by molar-refractivity contribution is 8.14. The molecule has 0 spiro atoms. The van der Waals surface area contributed by atoms with Crippen molar-refractivity contribution in [3.63, 3.8) is 0 Å². The zero-order valence-electron chi connectivity index (χ0n) is 13.8. The van der Waals surface area contributed by atoms with Crippen LogP contribution in [0.15, 0.2) is 28.3 Å². The smallest absolute Gasteiger partial charge is 0.224 e. The van der Waals surface area contributed by atoms with Crippen LogP contribution in [0.4, 0.5) is 5.69 Å². The largest absolute Gasteiger partial charge is 0.326 e. The predicted octanol–water partition coefficient (Wildman–Crippen LogP) is 3.16. The van der Waals surface area contributed by atoms with Gasteiger partial charge in [-0.2, -0.15) is 5.10 Å². The molecule has 1 amide bonds. The monoisotopic (exact) mass is 330 g/mol. The number of amides is 1. The number of carbonyl (C=O) groups excluding carboxylic acids is 1. The van der Waals surface area contributed by atoms with Gasteiger partial charge >= 0.3 is 0 Å². The van der Waals surface area contributed by atoms with Crippen LogP contribution < -0.4 is 10.7 Å². The third-order valence-electron chi connectivity index (χ3n) is 3.63. The summed E-state index contributed by atoms with van der Waals surface area (Å²) >= 11 is 1.67. The van der Waals surface area contributed by atoms with Crippen molar-refractivity contribution >= 4 is 34.2 Å². The maximum atomic E-state index is 11.6. The molecule has 0 atom stereocenters. The van der Waals surface area contributed by atoms with Crippen molar-refractivity contribution in [3.05, 3.63) is 29.3 Å². The minimum absolute atomic E-state index is 0.103. The van der Waals surface area contributed by atoms with Gasteiger partial charge in [-0.05, 0) is 56.9 Å². The number of hydrazone groups is 1. The van der Waals surface area contributed by atoms with Crippen LogP contribution in [0, 0.1) is 0 Å². The zero-order valence-corrected chi connectivity index (χ0v) is 14.6. The van der Waals surface area contributed by atoms with E-state index in [4.69, 9.17) is 0 Å². The van der Waals surface area contributed by atoms with Crippen LogP contribution in [0.1, 0.15) is 44.7 Å². The Labute approximate surface area is 141 Å². The number of aliphatic imine (C=N–C) groups is 1. The van der Waals surface area contributed by atoms with Crippen molar-refractivity contribution in [1.29, 1.82) is 0 Å². The van der Waals surface area contributed by atoms with Gasteiger partial charge in [0.2, 0.25) is 5.91 Å². The Morgan fingerprint density at radius 2 is 2.09 bits per heavy atom. The molecule has 2 aliphatic rings. The highest BCUT2D eigenvalue weighted by Crippen LogP contribution is 2.25. The number of aryl methyl sites for hydroxylation is 1. The van der Waals surface area contributed by atoms with E-state index in [9.17, 15) is 4.79 Å². The second-order valence-electron chi connectivity index (χ2n) is 6.82. The van der Waals surface area contributed by atoms with Crippen LogP contribution in [0.5, 0.6) is 0 Å². The summed E-state index contributed by atoms with van der Waals surface area (Å²) < 4.78 is 0. The maximum Gasteiger partial charge on any atom is 0.224 e. The molecule has 23 heavy (non-hydrogen) atoms. The molecule has 0 aromatic heterocycles. The molecule has 2 N–H and O–H groups in total. The number of amidine groups is 1. The molecule has 1 aromatic rings. The Kier molecular flexibility index (Phi) is 4.43. The van der Waals surface area contributed by atoms with Gasteiger partial charge in [-0.1, -0.05) is 17.8 Å². The number of nitrogens with one attached hydrogen (secondary N) is 2. The Bertz CT molecular complexity index is 688. The second-order valence-corrected chi connectivity index (χ2v) is 7.78. The Hall–Kier alpha value is -1.82. The predicted molar refractivity (Wildman–Crippen MR) is 97.3 cm³/mol. The molecule has 0 saturated heterocycles. The van der Waals surface area contributed by atoms with Gasteiger partial charge in [0, 0.05) is 17.9 Å². The molecule has 2 aliphatic heterocycles. The van der Waals surface area contributed by atoms with E-state index in [0.29, 0.717) is 6.42 Å². The van der Waals surface area contributed by atoms with Gasteiger partial charge in [0.05, 0.1) is 11.3 Å². The average Bonchev–Trinajstić information content (AvgIpc) is 2.66. The SMILES string of the molecule is CC(C)(C)N=C1NN=C(c2ccc3c(c2)CCCC(=O)N3)CS1. The lowest BCUT2D eigenvalue weighted by atomic mass is 10.0. The fraction of sp³-hybridized carbons (Fsp3) is 0.471. The molecule has 0 unspecified atom stereocenters. The van der Waals surface area contributed by atoms with Crippen LogP contribution in [-0.4, -0.2) is 28.1 Å². The van der Waals surface area contributed by atoms with Gasteiger partial charge in [0.25, 0.3) is 0 Å². The lowest BCUT2D eigenvalue weighted by molar-refractivity contribution is -0.116. The number of hydrogen-bond donors (Lipinski definition) is 2. The lowest BCUT2D eigenvalue weighted by Gasteiger charge is -2.19. The Balaban J connectivity index is 1.80. The molecule has 0 radical (unpaired) electrons. The summed E-state index contributed by atoms with van der Waals surface area (Å²) in [5.41, 5.74) is 7.19. The summed E-state index contributed by atoms with van der Waals surface area (Å²) in [6.07, 6.45) is 2.41. The minimum atomic E-state index is -0.107. The van der Waals surface area contributed by atoms with E-state index in [0.717, 1.165) is 40.7 Å². The molecule has 122 valence electrons. The van der Waals surface area contributed by atoms with Crippen molar-refractivity contribution < 1.29 is 4.79 Å². The number of anilines is 1. The number of rotatable bonds is 1. The van der Waals surface area contributed by atoms with Crippen molar-refractivity contribution in [2.45, 2.75) is 45.6 Å². The molecule has 0 saturated carbocycles. The van der Waals surface area contributed by atoms with Crippen LogP contribution in [0.3, 0.4) is 0 Å². The number of fused-ring (bicyclic) bond motifs is 1. The summed E-state index contributed by atoms with van der Waals surface area (Å²) in [5, 5.41) is 8.31. The van der Waals surface area contributed by atoms with Crippen molar-refractivity contribution in [1.82, 2.24) is 5.43 Å². The summed E-state index contributed by atoms with van der Waals surface area (Å²) in [6.45, 7) is 6.21. The first-order valence-corrected chi connectivity index (χ1v) is 8.88.